The lowest BCUT2D eigenvalue weighted by atomic mass is 10.1. The second-order valence-corrected chi connectivity index (χ2v) is 7.70. The molecule has 0 aromatic heterocycles. The summed E-state index contributed by atoms with van der Waals surface area (Å²) in [7, 11) is 0.0896. The Labute approximate surface area is 122 Å². The minimum absolute atomic E-state index is 0.0310. The van der Waals surface area contributed by atoms with Crippen molar-refractivity contribution in [1.29, 1.82) is 0 Å². The number of sulfonamides is 1. The minimum atomic E-state index is -3.66. The predicted molar refractivity (Wildman–Crippen MR) is 77.1 cm³/mol. The molecule has 1 aromatic carbocycles. The van der Waals surface area contributed by atoms with Gasteiger partial charge in [0.25, 0.3) is 0 Å². The van der Waals surface area contributed by atoms with Crippen LogP contribution in [-0.2, 0) is 10.0 Å². The van der Waals surface area contributed by atoms with Gasteiger partial charge in [-0.05, 0) is 62.1 Å². The van der Waals surface area contributed by atoms with Crippen LogP contribution in [0.4, 0.5) is 4.39 Å². The number of hydrogen-bond acceptors (Lipinski definition) is 3. The van der Waals surface area contributed by atoms with Gasteiger partial charge in [0.2, 0.25) is 10.0 Å². The van der Waals surface area contributed by atoms with Crippen LogP contribution in [0.25, 0.3) is 0 Å². The fourth-order valence-corrected chi connectivity index (χ4v) is 3.45. The van der Waals surface area contributed by atoms with Crippen molar-refractivity contribution in [2.24, 2.45) is 0 Å². The second kappa shape index (κ2) is 5.87. The Bertz CT molecular complexity index is 559. The van der Waals surface area contributed by atoms with E-state index in [0.717, 1.165) is 12.1 Å². The SMILES string of the molecule is CN(C)C(C)(C)CNS(=O)(=O)c1ccc(F)cc1Br. The molecule has 108 valence electrons. The zero-order valence-corrected chi connectivity index (χ0v) is 13.8. The van der Waals surface area contributed by atoms with Crippen molar-refractivity contribution in [3.8, 4) is 0 Å². The highest BCUT2D eigenvalue weighted by Gasteiger charge is 2.25. The fraction of sp³-hybridized carbons (Fsp3) is 0.500. The molecule has 0 spiro atoms. The van der Waals surface area contributed by atoms with Crippen molar-refractivity contribution in [2.75, 3.05) is 20.6 Å². The zero-order chi connectivity index (χ0) is 14.8. The van der Waals surface area contributed by atoms with Gasteiger partial charge in [0.15, 0.2) is 0 Å². The molecule has 0 saturated heterocycles. The van der Waals surface area contributed by atoms with Crippen molar-refractivity contribution in [2.45, 2.75) is 24.3 Å². The summed E-state index contributed by atoms with van der Waals surface area (Å²) in [5.41, 5.74) is -0.320. The van der Waals surface area contributed by atoms with E-state index in [1.807, 2.05) is 32.8 Å². The van der Waals surface area contributed by atoms with E-state index in [1.54, 1.807) is 0 Å². The molecule has 0 saturated carbocycles. The number of hydrogen-bond donors (Lipinski definition) is 1. The molecule has 0 aliphatic rings. The highest BCUT2D eigenvalue weighted by atomic mass is 79.9. The minimum Gasteiger partial charge on any atom is -0.303 e. The Morgan fingerprint density at radius 2 is 1.95 bits per heavy atom. The molecule has 0 bridgehead atoms. The summed E-state index contributed by atoms with van der Waals surface area (Å²) in [6.07, 6.45) is 0. The Kier molecular flexibility index (Phi) is 5.11. The molecule has 0 aliphatic heterocycles. The van der Waals surface area contributed by atoms with Crippen LogP contribution in [0.5, 0.6) is 0 Å². The normalized spacial score (nSPS) is 13.0. The van der Waals surface area contributed by atoms with Crippen LogP contribution < -0.4 is 4.72 Å². The number of rotatable bonds is 5. The number of benzene rings is 1. The van der Waals surface area contributed by atoms with Crippen LogP contribution in [0.15, 0.2) is 27.6 Å². The highest BCUT2D eigenvalue weighted by molar-refractivity contribution is 9.10. The molecule has 7 heteroatoms. The van der Waals surface area contributed by atoms with Crippen LogP contribution >= 0.6 is 15.9 Å². The maximum Gasteiger partial charge on any atom is 0.241 e. The summed E-state index contributed by atoms with van der Waals surface area (Å²) in [4.78, 5) is 1.96. The number of likely N-dealkylation sites (N-methyl/N-ethyl adjacent to an activating group) is 1. The zero-order valence-electron chi connectivity index (χ0n) is 11.4. The molecular formula is C12H18BrFN2O2S. The second-order valence-electron chi connectivity index (χ2n) is 5.11. The van der Waals surface area contributed by atoms with Crippen molar-refractivity contribution in [3.63, 3.8) is 0 Å². The largest absolute Gasteiger partial charge is 0.303 e. The van der Waals surface area contributed by atoms with E-state index in [9.17, 15) is 12.8 Å². The molecular weight excluding hydrogens is 335 g/mol. The van der Waals surface area contributed by atoms with Gasteiger partial charge in [-0.3, -0.25) is 0 Å². The fourth-order valence-electron chi connectivity index (χ4n) is 1.20. The van der Waals surface area contributed by atoms with Gasteiger partial charge in [-0.25, -0.2) is 17.5 Å². The quantitative estimate of drug-likeness (QED) is 0.883. The summed E-state index contributed by atoms with van der Waals surface area (Å²) in [5, 5.41) is 0. The molecule has 0 atom stereocenters. The third-order valence-electron chi connectivity index (χ3n) is 3.09. The van der Waals surface area contributed by atoms with Gasteiger partial charge in [0.1, 0.15) is 5.82 Å². The molecule has 0 amide bonds. The smallest absolute Gasteiger partial charge is 0.241 e. The van der Waals surface area contributed by atoms with Gasteiger partial charge in [-0.1, -0.05) is 0 Å². The average Bonchev–Trinajstić information content (AvgIpc) is 2.26. The first-order valence-electron chi connectivity index (χ1n) is 5.68. The van der Waals surface area contributed by atoms with Gasteiger partial charge in [0.05, 0.1) is 4.90 Å². The molecule has 1 rings (SSSR count). The lowest BCUT2D eigenvalue weighted by Crippen LogP contribution is -2.48. The van der Waals surface area contributed by atoms with Gasteiger partial charge in [0, 0.05) is 16.6 Å². The number of nitrogens with one attached hydrogen (secondary N) is 1. The van der Waals surface area contributed by atoms with Crippen LogP contribution in [0.3, 0.4) is 0 Å². The van der Waals surface area contributed by atoms with Crippen LogP contribution in [0.1, 0.15) is 13.8 Å². The Morgan fingerprint density at radius 1 is 1.37 bits per heavy atom. The van der Waals surface area contributed by atoms with E-state index in [4.69, 9.17) is 0 Å². The van der Waals surface area contributed by atoms with Crippen molar-refractivity contribution in [1.82, 2.24) is 9.62 Å². The summed E-state index contributed by atoms with van der Waals surface area (Å²) in [5.74, 6) is -0.487. The summed E-state index contributed by atoms with van der Waals surface area (Å²) in [6.45, 7) is 4.11. The maximum absolute atomic E-state index is 13.0. The van der Waals surface area contributed by atoms with Crippen LogP contribution in [0.2, 0.25) is 0 Å². The van der Waals surface area contributed by atoms with Gasteiger partial charge in [-0.2, -0.15) is 0 Å². The Morgan fingerprint density at radius 3 is 2.42 bits per heavy atom. The van der Waals surface area contributed by atoms with E-state index >= 15 is 0 Å². The van der Waals surface area contributed by atoms with Crippen molar-refractivity contribution >= 4 is 26.0 Å². The van der Waals surface area contributed by atoms with Gasteiger partial charge in [-0.15, -0.1) is 0 Å². The summed E-state index contributed by atoms with van der Waals surface area (Å²) >= 11 is 3.06. The van der Waals surface area contributed by atoms with Gasteiger partial charge >= 0.3 is 0 Å². The third-order valence-corrected chi connectivity index (χ3v) is 5.47. The molecule has 0 radical (unpaired) electrons. The lowest BCUT2D eigenvalue weighted by molar-refractivity contribution is 0.199. The van der Waals surface area contributed by atoms with Crippen molar-refractivity contribution in [3.05, 3.63) is 28.5 Å². The molecule has 19 heavy (non-hydrogen) atoms. The van der Waals surface area contributed by atoms with E-state index in [1.165, 1.54) is 6.07 Å². The van der Waals surface area contributed by atoms with Crippen LogP contribution in [0, 0.1) is 5.82 Å². The standard InChI is InChI=1S/C12H18BrFN2O2S/c1-12(2,16(3)4)8-15-19(17,18)11-6-5-9(14)7-10(11)13/h5-7,15H,8H2,1-4H3. The average molecular weight is 353 g/mol. The van der Waals surface area contributed by atoms with Crippen molar-refractivity contribution < 1.29 is 12.8 Å². The molecule has 0 fully saturated rings. The van der Waals surface area contributed by atoms with E-state index in [2.05, 4.69) is 20.7 Å². The monoisotopic (exact) mass is 352 g/mol. The maximum atomic E-state index is 13.0. The molecule has 0 unspecified atom stereocenters. The highest BCUT2D eigenvalue weighted by Crippen LogP contribution is 2.23. The predicted octanol–water partition coefficient (Wildman–Crippen LogP) is 2.21. The number of nitrogens with zero attached hydrogens (tertiary/aromatic N) is 1. The molecule has 1 aromatic rings. The van der Waals surface area contributed by atoms with E-state index < -0.39 is 15.8 Å². The summed E-state index contributed by atoms with van der Waals surface area (Å²) < 4.78 is 40.0. The number of halogens is 2. The van der Waals surface area contributed by atoms with E-state index in [0.29, 0.717) is 0 Å². The summed E-state index contributed by atoms with van der Waals surface area (Å²) in [6, 6.07) is 3.49. The Hall–Kier alpha value is -0.500. The first-order chi connectivity index (χ1) is 8.56. The lowest BCUT2D eigenvalue weighted by Gasteiger charge is -2.32. The van der Waals surface area contributed by atoms with Gasteiger partial charge < -0.3 is 4.90 Å². The molecule has 0 heterocycles. The molecule has 0 aliphatic carbocycles. The third kappa shape index (κ3) is 4.24. The van der Waals surface area contributed by atoms with E-state index in [-0.39, 0.29) is 21.5 Å². The topological polar surface area (TPSA) is 49.4 Å². The first kappa shape index (κ1) is 16.6. The molecule has 4 nitrogen and oxygen atoms in total. The van der Waals surface area contributed by atoms with Crippen LogP contribution in [-0.4, -0.2) is 39.5 Å². The Balaban J connectivity index is 2.94. The molecule has 1 N–H and O–H groups in total. The first-order valence-corrected chi connectivity index (χ1v) is 7.96.